The minimum Gasteiger partial charge on any atom is -0.483 e. The zero-order valence-corrected chi connectivity index (χ0v) is 14.1. The lowest BCUT2D eigenvalue weighted by Gasteiger charge is -2.10. The molecule has 0 aliphatic heterocycles. The molecule has 2 amide bonds. The lowest BCUT2D eigenvalue weighted by Crippen LogP contribution is -2.21. The van der Waals surface area contributed by atoms with E-state index in [1.54, 1.807) is 6.07 Å². The lowest BCUT2D eigenvalue weighted by molar-refractivity contribution is -0.118. The molecule has 0 aliphatic rings. The van der Waals surface area contributed by atoms with Crippen LogP contribution in [-0.2, 0) is 11.2 Å². The van der Waals surface area contributed by atoms with Crippen molar-refractivity contribution in [3.05, 3.63) is 58.6 Å². The van der Waals surface area contributed by atoms with Gasteiger partial charge in [-0.05, 0) is 42.3 Å². The van der Waals surface area contributed by atoms with Gasteiger partial charge in [-0.25, -0.2) is 0 Å². The van der Waals surface area contributed by atoms with Crippen LogP contribution in [0.15, 0.2) is 42.5 Å². The van der Waals surface area contributed by atoms with Gasteiger partial charge in [0.2, 0.25) is 0 Å². The second-order valence-corrected chi connectivity index (χ2v) is 5.72. The summed E-state index contributed by atoms with van der Waals surface area (Å²) in [5.41, 5.74) is 7.32. The normalized spacial score (nSPS) is 10.2. The third kappa shape index (κ3) is 4.99. The van der Waals surface area contributed by atoms with Crippen molar-refractivity contribution in [3.8, 4) is 5.75 Å². The molecule has 0 heterocycles. The fourth-order valence-corrected chi connectivity index (χ4v) is 2.38. The van der Waals surface area contributed by atoms with E-state index in [0.29, 0.717) is 10.7 Å². The first-order valence-corrected chi connectivity index (χ1v) is 7.98. The molecule has 0 unspecified atom stereocenters. The molecule has 0 fully saturated rings. The van der Waals surface area contributed by atoms with Gasteiger partial charge in [0.15, 0.2) is 6.61 Å². The van der Waals surface area contributed by atoms with Gasteiger partial charge in [-0.15, -0.1) is 0 Å². The Morgan fingerprint density at radius 3 is 2.50 bits per heavy atom. The molecule has 2 rings (SSSR count). The van der Waals surface area contributed by atoms with E-state index in [1.807, 2.05) is 24.3 Å². The summed E-state index contributed by atoms with van der Waals surface area (Å²) in [4.78, 5) is 23.3. The van der Waals surface area contributed by atoms with E-state index in [-0.39, 0.29) is 23.8 Å². The SMILES string of the molecule is CCCc1ccc(NC(=O)COc2ccc(Cl)cc2C(N)=O)cc1. The lowest BCUT2D eigenvalue weighted by atomic mass is 10.1. The summed E-state index contributed by atoms with van der Waals surface area (Å²) in [5, 5.41) is 3.10. The maximum Gasteiger partial charge on any atom is 0.262 e. The van der Waals surface area contributed by atoms with Crippen molar-refractivity contribution in [1.29, 1.82) is 0 Å². The molecule has 0 saturated heterocycles. The van der Waals surface area contributed by atoms with Gasteiger partial charge in [-0.1, -0.05) is 37.1 Å². The van der Waals surface area contributed by atoms with E-state index in [0.717, 1.165) is 12.8 Å². The van der Waals surface area contributed by atoms with Crippen molar-refractivity contribution < 1.29 is 14.3 Å². The second kappa shape index (κ2) is 8.36. The molecule has 0 aliphatic carbocycles. The van der Waals surface area contributed by atoms with Crippen LogP contribution >= 0.6 is 11.6 Å². The van der Waals surface area contributed by atoms with E-state index in [4.69, 9.17) is 22.1 Å². The van der Waals surface area contributed by atoms with Crippen LogP contribution in [-0.4, -0.2) is 18.4 Å². The Bertz CT molecular complexity index is 730. The number of nitrogens with two attached hydrogens (primary N) is 1. The average Bonchev–Trinajstić information content (AvgIpc) is 2.55. The van der Waals surface area contributed by atoms with Crippen LogP contribution in [0.4, 0.5) is 5.69 Å². The zero-order valence-electron chi connectivity index (χ0n) is 13.3. The Balaban J connectivity index is 1.95. The molecule has 126 valence electrons. The Labute approximate surface area is 145 Å². The number of rotatable bonds is 7. The standard InChI is InChI=1S/C18H19ClN2O3/c1-2-3-12-4-7-14(8-5-12)21-17(22)11-24-16-9-6-13(19)10-15(16)18(20)23/h4-10H,2-3,11H2,1H3,(H2,20,23)(H,21,22). The highest BCUT2D eigenvalue weighted by Gasteiger charge is 2.12. The number of carbonyl (C=O) groups excluding carboxylic acids is 2. The number of nitrogens with one attached hydrogen (secondary N) is 1. The van der Waals surface area contributed by atoms with E-state index in [1.165, 1.54) is 17.7 Å². The predicted octanol–water partition coefficient (Wildman–Crippen LogP) is 3.41. The molecule has 0 aromatic heterocycles. The molecule has 0 bridgehead atoms. The van der Waals surface area contributed by atoms with Crippen molar-refractivity contribution in [2.45, 2.75) is 19.8 Å². The minimum atomic E-state index is -0.667. The van der Waals surface area contributed by atoms with Gasteiger partial charge < -0.3 is 15.8 Å². The number of primary amides is 1. The first kappa shape index (κ1) is 17.8. The van der Waals surface area contributed by atoms with Crippen LogP contribution in [0, 0.1) is 0 Å². The predicted molar refractivity (Wildman–Crippen MR) is 94.5 cm³/mol. The monoisotopic (exact) mass is 346 g/mol. The fourth-order valence-electron chi connectivity index (χ4n) is 2.20. The molecule has 3 N–H and O–H groups in total. The van der Waals surface area contributed by atoms with E-state index >= 15 is 0 Å². The van der Waals surface area contributed by atoms with Crippen molar-refractivity contribution >= 4 is 29.1 Å². The largest absolute Gasteiger partial charge is 0.483 e. The first-order valence-electron chi connectivity index (χ1n) is 7.60. The number of halogens is 1. The molecule has 2 aromatic rings. The van der Waals surface area contributed by atoms with Crippen molar-refractivity contribution in [2.24, 2.45) is 5.73 Å². The third-order valence-electron chi connectivity index (χ3n) is 3.34. The maximum atomic E-state index is 12.0. The second-order valence-electron chi connectivity index (χ2n) is 5.29. The number of benzene rings is 2. The summed E-state index contributed by atoms with van der Waals surface area (Å²) in [6.07, 6.45) is 2.08. The molecule has 2 aromatic carbocycles. The minimum absolute atomic E-state index is 0.138. The van der Waals surface area contributed by atoms with E-state index in [2.05, 4.69) is 12.2 Å². The number of hydrogen-bond donors (Lipinski definition) is 2. The summed E-state index contributed by atoms with van der Waals surface area (Å²) in [7, 11) is 0. The van der Waals surface area contributed by atoms with Gasteiger partial charge in [0.1, 0.15) is 5.75 Å². The van der Waals surface area contributed by atoms with Gasteiger partial charge in [0.05, 0.1) is 5.56 Å². The molecule has 0 atom stereocenters. The van der Waals surface area contributed by atoms with Crippen LogP contribution in [0.5, 0.6) is 5.75 Å². The molecule has 6 heteroatoms. The zero-order chi connectivity index (χ0) is 17.5. The Hall–Kier alpha value is -2.53. The van der Waals surface area contributed by atoms with E-state index in [9.17, 15) is 9.59 Å². The number of amides is 2. The fraction of sp³-hybridized carbons (Fsp3) is 0.222. The Kier molecular flexibility index (Phi) is 6.21. The average molecular weight is 347 g/mol. The van der Waals surface area contributed by atoms with Gasteiger partial charge >= 0.3 is 0 Å². The molecule has 0 saturated carbocycles. The number of anilines is 1. The van der Waals surface area contributed by atoms with Crippen LogP contribution in [0.25, 0.3) is 0 Å². The number of carbonyl (C=O) groups is 2. The van der Waals surface area contributed by atoms with Gasteiger partial charge in [0.25, 0.3) is 11.8 Å². The van der Waals surface area contributed by atoms with Gasteiger partial charge in [0, 0.05) is 10.7 Å². The summed E-state index contributed by atoms with van der Waals surface area (Å²) in [6, 6.07) is 12.1. The number of ether oxygens (including phenoxy) is 1. The van der Waals surface area contributed by atoms with Crippen LogP contribution in [0.3, 0.4) is 0 Å². The quantitative estimate of drug-likeness (QED) is 0.806. The molecule has 5 nitrogen and oxygen atoms in total. The molecule has 0 spiro atoms. The van der Waals surface area contributed by atoms with Crippen molar-refractivity contribution in [1.82, 2.24) is 0 Å². The maximum absolute atomic E-state index is 12.0. The number of hydrogen-bond acceptors (Lipinski definition) is 3. The third-order valence-corrected chi connectivity index (χ3v) is 3.58. The molecular formula is C18H19ClN2O3. The summed E-state index contributed by atoms with van der Waals surface area (Å²) < 4.78 is 5.38. The summed E-state index contributed by atoms with van der Waals surface area (Å²) in [6.45, 7) is 1.88. The van der Waals surface area contributed by atoms with Gasteiger partial charge in [-0.2, -0.15) is 0 Å². The Morgan fingerprint density at radius 2 is 1.88 bits per heavy atom. The van der Waals surface area contributed by atoms with Crippen LogP contribution in [0.1, 0.15) is 29.3 Å². The molecule has 24 heavy (non-hydrogen) atoms. The first-order chi connectivity index (χ1) is 11.5. The molecule has 0 radical (unpaired) electrons. The number of aryl methyl sites for hydroxylation is 1. The topological polar surface area (TPSA) is 81.4 Å². The highest BCUT2D eigenvalue weighted by molar-refractivity contribution is 6.31. The highest BCUT2D eigenvalue weighted by Crippen LogP contribution is 2.22. The highest BCUT2D eigenvalue weighted by atomic mass is 35.5. The molecular weight excluding hydrogens is 328 g/mol. The summed E-state index contributed by atoms with van der Waals surface area (Å²) >= 11 is 5.82. The summed E-state index contributed by atoms with van der Waals surface area (Å²) in [5.74, 6) is -0.775. The van der Waals surface area contributed by atoms with E-state index < -0.39 is 5.91 Å². The van der Waals surface area contributed by atoms with Crippen molar-refractivity contribution in [3.63, 3.8) is 0 Å². The van der Waals surface area contributed by atoms with Crippen molar-refractivity contribution in [2.75, 3.05) is 11.9 Å². The smallest absolute Gasteiger partial charge is 0.262 e. The van der Waals surface area contributed by atoms with Crippen LogP contribution < -0.4 is 15.8 Å². The van der Waals surface area contributed by atoms with Gasteiger partial charge in [-0.3, -0.25) is 9.59 Å². The Morgan fingerprint density at radius 1 is 1.17 bits per heavy atom. The van der Waals surface area contributed by atoms with Crippen LogP contribution in [0.2, 0.25) is 5.02 Å².